The third-order valence-corrected chi connectivity index (χ3v) is 11.5. The van der Waals surface area contributed by atoms with E-state index in [0.29, 0.717) is 5.56 Å². The van der Waals surface area contributed by atoms with Crippen LogP contribution in [0.1, 0.15) is 63.5 Å². The third kappa shape index (κ3) is 6.09. The summed E-state index contributed by atoms with van der Waals surface area (Å²) in [6.45, 7) is 3.85. The molecule has 52 heavy (non-hydrogen) atoms. The second kappa shape index (κ2) is 13.2. The van der Waals surface area contributed by atoms with Crippen molar-refractivity contribution in [1.82, 2.24) is 15.7 Å². The minimum atomic E-state index is -1.36. The molecule has 7 aliphatic rings. The number of nitrogens with one attached hydrogen (secondary N) is 2. The number of ether oxygens (including phenoxy) is 5. The standard InChI is InChI=1S/C37H45N3O12/c1-35(2)19-47-33(45)31(35)49-26(43)12-7-20-3-5-21(6-4-20)18-40-29-32(44)48-24-17-36(29,34(46)39-14-13-25(42)38-15-16-41)30(52-40)28-27(24)50-37(51-28,22-8-9-22)23-10-11-23/h3-7,12,22-24,27-31,41H,8-11,13-19H2,1-2H3,(H,38,42)(H,39,46). The van der Waals surface area contributed by atoms with Crippen LogP contribution in [0.5, 0.6) is 0 Å². The summed E-state index contributed by atoms with van der Waals surface area (Å²) >= 11 is 0. The van der Waals surface area contributed by atoms with Crippen molar-refractivity contribution in [2.75, 3.05) is 26.3 Å². The number of aliphatic hydroxyl groups is 1. The maximum atomic E-state index is 14.3. The largest absolute Gasteiger partial charge is 0.462 e. The number of carbonyl (C=O) groups is 5. The van der Waals surface area contributed by atoms with E-state index in [1.54, 1.807) is 32.1 Å². The lowest BCUT2D eigenvalue weighted by atomic mass is 9.62. The van der Waals surface area contributed by atoms with Gasteiger partial charge in [0.2, 0.25) is 17.9 Å². The summed E-state index contributed by atoms with van der Waals surface area (Å²) in [6, 6.07) is 6.15. The third-order valence-electron chi connectivity index (χ3n) is 11.5. The van der Waals surface area contributed by atoms with Crippen molar-refractivity contribution in [3.8, 4) is 0 Å². The second-order valence-electron chi connectivity index (χ2n) is 15.7. The van der Waals surface area contributed by atoms with Crippen LogP contribution in [0, 0.1) is 22.7 Å². The van der Waals surface area contributed by atoms with Gasteiger partial charge in [-0.2, -0.15) is 5.06 Å². The summed E-state index contributed by atoms with van der Waals surface area (Å²) in [6.07, 6.45) is 3.22. The number of carbonyl (C=O) groups excluding carboxylic acids is 5. The molecule has 280 valence electrons. The van der Waals surface area contributed by atoms with Gasteiger partial charge in [0, 0.05) is 49.3 Å². The molecule has 0 spiro atoms. The van der Waals surface area contributed by atoms with Crippen molar-refractivity contribution < 1.29 is 57.6 Å². The van der Waals surface area contributed by atoms with Gasteiger partial charge < -0.3 is 39.4 Å². The molecule has 3 saturated carbocycles. The summed E-state index contributed by atoms with van der Waals surface area (Å²) in [4.78, 5) is 71.6. The van der Waals surface area contributed by atoms with Gasteiger partial charge >= 0.3 is 17.9 Å². The topological polar surface area (TPSA) is 188 Å². The maximum absolute atomic E-state index is 14.3. The number of esters is 3. The van der Waals surface area contributed by atoms with E-state index in [1.807, 2.05) is 12.1 Å². The van der Waals surface area contributed by atoms with E-state index < -0.39 is 77.0 Å². The molecular formula is C37H45N3O12. The average molecular weight is 724 g/mol. The first-order chi connectivity index (χ1) is 24.9. The number of cyclic esters (lactones) is 1. The van der Waals surface area contributed by atoms with Crippen LogP contribution in [0.4, 0.5) is 0 Å². The Hall–Kier alpha value is -3.89. The van der Waals surface area contributed by atoms with Gasteiger partial charge in [-0.1, -0.05) is 38.1 Å². The lowest BCUT2D eigenvalue weighted by Gasteiger charge is -2.48. The van der Waals surface area contributed by atoms with Gasteiger partial charge in [-0.05, 0) is 42.9 Å². The number of hydroxylamine groups is 2. The van der Waals surface area contributed by atoms with E-state index in [-0.39, 0.29) is 63.4 Å². The molecule has 7 unspecified atom stereocenters. The molecule has 4 saturated heterocycles. The fourth-order valence-electron chi connectivity index (χ4n) is 8.57. The van der Waals surface area contributed by atoms with Crippen LogP contribution >= 0.6 is 0 Å². The van der Waals surface area contributed by atoms with Crippen molar-refractivity contribution in [3.63, 3.8) is 0 Å². The number of amides is 2. The summed E-state index contributed by atoms with van der Waals surface area (Å²) in [7, 11) is 0. The monoisotopic (exact) mass is 723 g/mol. The molecule has 3 N–H and O–H groups in total. The molecule has 4 aliphatic heterocycles. The lowest BCUT2D eigenvalue weighted by Crippen LogP contribution is -2.69. The first-order valence-corrected chi connectivity index (χ1v) is 18.2. The Kier molecular flexibility index (Phi) is 8.92. The van der Waals surface area contributed by atoms with Crippen molar-refractivity contribution in [2.45, 2.75) is 101 Å². The quantitative estimate of drug-likeness (QED) is 0.148. The highest BCUT2D eigenvalue weighted by Gasteiger charge is 2.78. The molecular weight excluding hydrogens is 678 g/mol. The molecule has 15 nitrogen and oxygen atoms in total. The normalized spacial score (nSPS) is 34.1. The molecule has 2 bridgehead atoms. The lowest BCUT2D eigenvalue weighted by molar-refractivity contribution is -0.235. The summed E-state index contributed by atoms with van der Waals surface area (Å²) < 4.78 is 30.1. The summed E-state index contributed by atoms with van der Waals surface area (Å²) in [5.74, 6) is -2.83. The van der Waals surface area contributed by atoms with Crippen LogP contribution in [-0.4, -0.2) is 109 Å². The van der Waals surface area contributed by atoms with Crippen molar-refractivity contribution in [1.29, 1.82) is 0 Å². The Morgan fingerprint density at radius 1 is 0.981 bits per heavy atom. The SMILES string of the molecule is CC1(C)COC(=O)C1OC(=O)C=Cc1ccc(CN2OC3C4OC(C5CC5)(C5CC5)OC4C4CC3(C(=O)NCCC(=O)NCCO)C2C(=O)O4)cc1. The van der Waals surface area contributed by atoms with E-state index in [2.05, 4.69) is 10.6 Å². The predicted octanol–water partition coefficient (Wildman–Crippen LogP) is 0.910. The number of rotatable bonds is 13. The molecule has 0 radical (unpaired) electrons. The Balaban J connectivity index is 1.01. The molecule has 1 aromatic rings. The first kappa shape index (κ1) is 35.2. The molecule has 1 aromatic carbocycles. The highest BCUT2D eigenvalue weighted by Crippen LogP contribution is 2.63. The second-order valence-corrected chi connectivity index (χ2v) is 15.7. The molecule has 15 heteroatoms. The summed E-state index contributed by atoms with van der Waals surface area (Å²) in [5.41, 5.74) is -0.516. The van der Waals surface area contributed by atoms with Crippen molar-refractivity contribution >= 4 is 35.8 Å². The minimum absolute atomic E-state index is 0.00262. The van der Waals surface area contributed by atoms with Crippen LogP contribution in [0.15, 0.2) is 30.3 Å². The fraction of sp³-hybridized carbons (Fsp3) is 0.649. The van der Waals surface area contributed by atoms with E-state index in [9.17, 15) is 24.0 Å². The van der Waals surface area contributed by atoms with Gasteiger partial charge in [0.1, 0.15) is 36.4 Å². The molecule has 3 aliphatic carbocycles. The molecule has 7 fully saturated rings. The van der Waals surface area contributed by atoms with Gasteiger partial charge in [0.05, 0.1) is 13.2 Å². The fourth-order valence-corrected chi connectivity index (χ4v) is 8.57. The number of hydrogen-bond donors (Lipinski definition) is 3. The first-order valence-electron chi connectivity index (χ1n) is 18.2. The predicted molar refractivity (Wildman–Crippen MR) is 177 cm³/mol. The van der Waals surface area contributed by atoms with Gasteiger partial charge in [0.25, 0.3) is 0 Å². The highest BCUT2D eigenvalue weighted by molar-refractivity contribution is 5.94. The van der Waals surface area contributed by atoms with Gasteiger partial charge in [0.15, 0.2) is 11.8 Å². The van der Waals surface area contributed by atoms with Crippen molar-refractivity contribution in [2.24, 2.45) is 22.7 Å². The Morgan fingerprint density at radius 2 is 1.69 bits per heavy atom. The number of benzene rings is 1. The van der Waals surface area contributed by atoms with E-state index in [0.717, 1.165) is 31.2 Å². The Bertz CT molecular complexity index is 1640. The van der Waals surface area contributed by atoms with Crippen LogP contribution in [0.3, 0.4) is 0 Å². The molecule has 7 atom stereocenters. The number of nitrogens with zero attached hydrogens (tertiary/aromatic N) is 1. The van der Waals surface area contributed by atoms with Gasteiger partial charge in [-0.25, -0.2) is 9.59 Å². The molecule has 8 rings (SSSR count). The molecule has 4 heterocycles. The van der Waals surface area contributed by atoms with Crippen LogP contribution in [-0.2, 0) is 59.0 Å². The zero-order valence-electron chi connectivity index (χ0n) is 29.2. The molecule has 0 aromatic heterocycles. The van der Waals surface area contributed by atoms with E-state index >= 15 is 0 Å². The van der Waals surface area contributed by atoms with Crippen LogP contribution < -0.4 is 10.6 Å². The Labute approximate surface area is 300 Å². The smallest absolute Gasteiger partial charge is 0.348 e. The molecule has 2 amide bonds. The van der Waals surface area contributed by atoms with E-state index in [4.69, 9.17) is 33.6 Å². The van der Waals surface area contributed by atoms with Crippen LogP contribution in [0.2, 0.25) is 0 Å². The average Bonchev–Trinajstić information content (AvgIpc) is 4.06. The maximum Gasteiger partial charge on any atom is 0.348 e. The highest BCUT2D eigenvalue weighted by atomic mass is 16.8. The Morgan fingerprint density at radius 3 is 2.35 bits per heavy atom. The van der Waals surface area contributed by atoms with Gasteiger partial charge in [-0.3, -0.25) is 19.2 Å². The number of hydrogen-bond acceptors (Lipinski definition) is 13. The van der Waals surface area contributed by atoms with Gasteiger partial charge in [-0.15, -0.1) is 0 Å². The van der Waals surface area contributed by atoms with Crippen LogP contribution in [0.25, 0.3) is 6.08 Å². The minimum Gasteiger partial charge on any atom is -0.462 e. The number of fused-ring (bicyclic) bond motifs is 4. The van der Waals surface area contributed by atoms with Crippen molar-refractivity contribution in [3.05, 3.63) is 41.5 Å². The zero-order valence-corrected chi connectivity index (χ0v) is 29.2. The number of aliphatic hydroxyl groups excluding tert-OH is 1. The van der Waals surface area contributed by atoms with E-state index in [1.165, 1.54) is 11.1 Å². The summed E-state index contributed by atoms with van der Waals surface area (Å²) in [5, 5.41) is 16.0. The zero-order chi connectivity index (χ0) is 36.4.